The molecule has 0 rings (SSSR count). The lowest BCUT2D eigenvalue weighted by Gasteiger charge is -2.18. The van der Waals surface area contributed by atoms with Crippen LogP contribution in [0.4, 0.5) is 0 Å². The lowest BCUT2D eigenvalue weighted by molar-refractivity contribution is -0.166. The van der Waals surface area contributed by atoms with Crippen LogP contribution in [-0.2, 0) is 28.6 Å². The van der Waals surface area contributed by atoms with Crippen LogP contribution in [0, 0.1) is 0 Å². The van der Waals surface area contributed by atoms with E-state index in [4.69, 9.17) is 14.2 Å². The van der Waals surface area contributed by atoms with Gasteiger partial charge in [0.15, 0.2) is 6.10 Å². The molecule has 0 bridgehead atoms. The summed E-state index contributed by atoms with van der Waals surface area (Å²) in [6, 6.07) is 0. The zero-order valence-electron chi connectivity index (χ0n) is 54.3. The van der Waals surface area contributed by atoms with E-state index in [1.807, 2.05) is 6.08 Å². The van der Waals surface area contributed by atoms with Crippen LogP contribution in [0.1, 0.15) is 380 Å². The molecule has 0 heterocycles. The molecule has 0 saturated carbocycles. The summed E-state index contributed by atoms with van der Waals surface area (Å²) in [6.45, 7) is 6.52. The van der Waals surface area contributed by atoms with Gasteiger partial charge in [-0.2, -0.15) is 0 Å². The highest BCUT2D eigenvalue weighted by Crippen LogP contribution is 2.19. The van der Waals surface area contributed by atoms with Gasteiger partial charge in [0.05, 0.1) is 0 Å². The molecule has 0 N–H and O–H groups in total. The minimum atomic E-state index is -0.800. The first-order valence-corrected chi connectivity index (χ1v) is 35.8. The Morgan fingerprint density at radius 2 is 0.506 bits per heavy atom. The van der Waals surface area contributed by atoms with Gasteiger partial charge in [0.25, 0.3) is 0 Å². The van der Waals surface area contributed by atoms with Crippen LogP contribution in [-0.4, -0.2) is 37.2 Å². The third kappa shape index (κ3) is 67.8. The lowest BCUT2D eigenvalue weighted by Crippen LogP contribution is -2.30. The number of allylic oxidation sites excluding steroid dienone is 10. The summed E-state index contributed by atoms with van der Waals surface area (Å²) in [5.74, 6) is -0.955. The van der Waals surface area contributed by atoms with Crippen molar-refractivity contribution in [1.82, 2.24) is 0 Å². The fourth-order valence-electron chi connectivity index (χ4n) is 10.7. The van der Waals surface area contributed by atoms with Crippen LogP contribution in [0.25, 0.3) is 0 Å². The number of carbonyl (C=O) groups excluding carboxylic acids is 3. The maximum atomic E-state index is 12.9. The smallest absolute Gasteiger partial charge is 0.306 e. The molecule has 81 heavy (non-hydrogen) atoms. The summed E-state index contributed by atoms with van der Waals surface area (Å²) in [6.07, 6.45) is 90.1. The number of rotatable bonds is 66. The second kappa shape index (κ2) is 69.6. The molecule has 0 aliphatic carbocycles. The second-order valence-corrected chi connectivity index (χ2v) is 24.1. The van der Waals surface area contributed by atoms with Crippen molar-refractivity contribution in [3.8, 4) is 0 Å². The molecule has 1 atom stereocenters. The zero-order chi connectivity index (χ0) is 58.5. The van der Waals surface area contributed by atoms with Crippen molar-refractivity contribution >= 4 is 17.9 Å². The number of esters is 3. The molecule has 0 aromatic heterocycles. The van der Waals surface area contributed by atoms with Crippen molar-refractivity contribution in [3.63, 3.8) is 0 Å². The summed E-state index contributed by atoms with van der Waals surface area (Å²) in [5, 5.41) is 0. The van der Waals surface area contributed by atoms with Gasteiger partial charge in [-0.25, -0.2) is 0 Å². The van der Waals surface area contributed by atoms with Gasteiger partial charge in [-0.05, 0) is 70.6 Å². The number of carbonyl (C=O) groups is 3. The Bertz CT molecular complexity index is 1440. The molecular weight excluding hydrogens is 997 g/mol. The van der Waals surface area contributed by atoms with Crippen molar-refractivity contribution in [2.24, 2.45) is 0 Å². The second-order valence-electron chi connectivity index (χ2n) is 24.1. The molecule has 0 aromatic rings. The lowest BCUT2D eigenvalue weighted by atomic mass is 10.0. The fourth-order valence-corrected chi connectivity index (χ4v) is 10.7. The van der Waals surface area contributed by atoms with E-state index in [0.717, 1.165) is 64.2 Å². The van der Waals surface area contributed by atoms with Crippen molar-refractivity contribution in [2.75, 3.05) is 13.2 Å². The fraction of sp³-hybridized carbons (Fsp3) is 0.827. The molecule has 0 saturated heterocycles. The Morgan fingerprint density at radius 1 is 0.259 bits per heavy atom. The van der Waals surface area contributed by atoms with Gasteiger partial charge in [0.2, 0.25) is 0 Å². The normalized spacial score (nSPS) is 12.4. The van der Waals surface area contributed by atoms with E-state index in [1.54, 1.807) is 0 Å². The third-order valence-corrected chi connectivity index (χ3v) is 16.0. The predicted octanol–water partition coefficient (Wildman–Crippen LogP) is 24.7. The largest absolute Gasteiger partial charge is 0.462 e. The monoisotopic (exact) mass is 1130 g/mol. The van der Waals surface area contributed by atoms with Gasteiger partial charge >= 0.3 is 17.9 Å². The summed E-state index contributed by atoms with van der Waals surface area (Å²) >= 11 is 0. The molecule has 0 radical (unpaired) electrons. The predicted molar refractivity (Wildman–Crippen MR) is 353 cm³/mol. The minimum Gasteiger partial charge on any atom is -0.462 e. The first-order chi connectivity index (χ1) is 40.0. The molecular formula is C75H136O6. The van der Waals surface area contributed by atoms with E-state index in [0.29, 0.717) is 19.3 Å². The number of hydrogen-bond donors (Lipinski definition) is 0. The Labute approximate surface area is 504 Å². The molecule has 6 nitrogen and oxygen atoms in total. The quantitative estimate of drug-likeness (QED) is 0.0261. The number of ether oxygens (including phenoxy) is 3. The van der Waals surface area contributed by atoms with Crippen LogP contribution >= 0.6 is 0 Å². The van der Waals surface area contributed by atoms with Gasteiger partial charge in [-0.3, -0.25) is 14.4 Å². The molecule has 0 fully saturated rings. The SMILES string of the molecule is CC/C=C\C/C=C\C/C=C\C/C=C\CCC(=O)OCC(COC(=O)CCCCCCCCCCCCCCCCCCCCCCCCC/C=C\CCCCCCCCCC)OC(=O)CCCCCCCCCCCCCCCCC. The van der Waals surface area contributed by atoms with E-state index in [2.05, 4.69) is 75.5 Å². The zero-order valence-corrected chi connectivity index (χ0v) is 54.3. The third-order valence-electron chi connectivity index (χ3n) is 16.0. The van der Waals surface area contributed by atoms with Crippen molar-refractivity contribution in [1.29, 1.82) is 0 Å². The molecule has 1 unspecified atom stereocenters. The van der Waals surface area contributed by atoms with Gasteiger partial charge < -0.3 is 14.2 Å². The van der Waals surface area contributed by atoms with Crippen LogP contribution in [0.5, 0.6) is 0 Å². The highest BCUT2D eigenvalue weighted by molar-refractivity contribution is 5.71. The Hall–Kier alpha value is -2.89. The van der Waals surface area contributed by atoms with E-state index < -0.39 is 6.10 Å². The van der Waals surface area contributed by atoms with E-state index in [-0.39, 0.29) is 37.5 Å². The first kappa shape index (κ1) is 78.1. The maximum absolute atomic E-state index is 12.9. The van der Waals surface area contributed by atoms with Gasteiger partial charge in [0, 0.05) is 19.3 Å². The molecule has 472 valence electrons. The highest BCUT2D eigenvalue weighted by atomic mass is 16.6. The average Bonchev–Trinajstić information content (AvgIpc) is 3.46. The summed E-state index contributed by atoms with van der Waals surface area (Å²) in [4.78, 5) is 38.3. The van der Waals surface area contributed by atoms with Crippen LogP contribution < -0.4 is 0 Å². The summed E-state index contributed by atoms with van der Waals surface area (Å²) < 4.78 is 16.9. The molecule has 6 heteroatoms. The highest BCUT2D eigenvalue weighted by Gasteiger charge is 2.19. The first-order valence-electron chi connectivity index (χ1n) is 35.8. The maximum Gasteiger partial charge on any atom is 0.306 e. The van der Waals surface area contributed by atoms with E-state index in [9.17, 15) is 14.4 Å². The average molecular weight is 1130 g/mol. The van der Waals surface area contributed by atoms with Crippen LogP contribution in [0.15, 0.2) is 60.8 Å². The van der Waals surface area contributed by atoms with Crippen LogP contribution in [0.3, 0.4) is 0 Å². The van der Waals surface area contributed by atoms with Crippen molar-refractivity contribution in [3.05, 3.63) is 60.8 Å². The molecule has 0 aliphatic heterocycles. The minimum absolute atomic E-state index is 0.0912. The molecule has 0 aromatic carbocycles. The van der Waals surface area contributed by atoms with Gasteiger partial charge in [-0.15, -0.1) is 0 Å². The number of unbranched alkanes of at least 4 members (excludes halogenated alkanes) is 45. The molecule has 0 aliphatic rings. The summed E-state index contributed by atoms with van der Waals surface area (Å²) in [5.41, 5.74) is 0. The molecule has 0 amide bonds. The van der Waals surface area contributed by atoms with Gasteiger partial charge in [0.1, 0.15) is 13.2 Å². The Kier molecular flexibility index (Phi) is 67.1. The van der Waals surface area contributed by atoms with Crippen molar-refractivity contribution in [2.45, 2.75) is 386 Å². The van der Waals surface area contributed by atoms with Crippen molar-refractivity contribution < 1.29 is 28.6 Å². The number of hydrogen-bond acceptors (Lipinski definition) is 6. The van der Waals surface area contributed by atoms with E-state index >= 15 is 0 Å². The summed E-state index contributed by atoms with van der Waals surface area (Å²) in [7, 11) is 0. The topological polar surface area (TPSA) is 78.9 Å². The van der Waals surface area contributed by atoms with Gasteiger partial charge in [-0.1, -0.05) is 351 Å². The standard InChI is InChI=1S/C75H136O6/c1-4-7-10-13-16-19-22-25-27-28-29-30-31-32-33-34-35-36-37-38-39-40-41-42-43-44-45-46-48-50-53-56-59-62-65-68-74(77)80-71-72(70-79-73(76)67-64-61-58-55-52-49-24-21-18-15-12-9-6-3)81-75(78)69-66-63-60-57-54-51-47-26-23-20-17-14-11-8-5-2/h9,12,18,21,28-29,49,52,58,61,72H,4-8,10-11,13-17,19-20,22-27,30-48,50-51,53-57,59-60,62-71H2,1-3H3/b12-9-,21-18-,29-28-,52-49-,61-58-. The Morgan fingerprint density at radius 3 is 0.827 bits per heavy atom. The Balaban J connectivity index is 4.08. The van der Waals surface area contributed by atoms with Crippen LogP contribution in [0.2, 0.25) is 0 Å². The van der Waals surface area contributed by atoms with E-state index in [1.165, 1.54) is 270 Å². The molecule has 0 spiro atoms.